The van der Waals surface area contributed by atoms with Gasteiger partial charge >= 0.3 is 4.83 Å². The molecule has 2 aromatic rings. The van der Waals surface area contributed by atoms with Gasteiger partial charge in [-0.2, -0.15) is 4.73 Å². The Balaban J connectivity index is 2.60. The van der Waals surface area contributed by atoms with Crippen molar-refractivity contribution < 1.29 is 13.1 Å². The van der Waals surface area contributed by atoms with Crippen molar-refractivity contribution in [3.8, 4) is 0 Å². The summed E-state index contributed by atoms with van der Waals surface area (Å²) in [7, 11) is -3.58. The predicted molar refractivity (Wildman–Crippen MR) is 87.9 cm³/mol. The minimum atomic E-state index is -3.58. The summed E-state index contributed by atoms with van der Waals surface area (Å²) in [4.78, 5) is 4.42. The smallest absolute Gasteiger partial charge is 0.300 e. The first kappa shape index (κ1) is 16.3. The number of fused-ring (bicyclic) bond motifs is 1. The molecule has 0 unspecified atom stereocenters. The third-order valence-corrected chi connectivity index (χ3v) is 5.81. The van der Waals surface area contributed by atoms with Crippen LogP contribution < -0.4 is 4.73 Å². The van der Waals surface area contributed by atoms with E-state index >= 15 is 0 Å². The largest absolute Gasteiger partial charge is 0.618 e. The topological polar surface area (TPSA) is 97.8 Å². The lowest BCUT2D eigenvalue weighted by atomic mass is 10.3. The van der Waals surface area contributed by atoms with Crippen LogP contribution in [0.2, 0.25) is 0 Å². The molecule has 0 spiro atoms. The Hall–Kier alpha value is -2.06. The van der Waals surface area contributed by atoms with Crippen molar-refractivity contribution in [3.05, 3.63) is 51.7 Å². The molecule has 1 N–H and O–H groups in total. The van der Waals surface area contributed by atoms with Crippen LogP contribution in [0, 0.1) is 17.5 Å². The van der Waals surface area contributed by atoms with Gasteiger partial charge in [-0.15, -0.1) is 0 Å². The lowest BCUT2D eigenvalue weighted by Crippen LogP contribution is -2.25. The third-order valence-electron chi connectivity index (χ3n) is 2.96. The summed E-state index contributed by atoms with van der Waals surface area (Å²) in [5, 5.41) is 20.2. The molecule has 0 saturated heterocycles. The maximum absolute atomic E-state index is 12.1. The molecule has 22 heavy (non-hydrogen) atoms. The summed E-state index contributed by atoms with van der Waals surface area (Å²) < 4.78 is 24.9. The van der Waals surface area contributed by atoms with Crippen LogP contribution in [-0.4, -0.2) is 24.9 Å². The highest BCUT2D eigenvalue weighted by molar-refractivity contribution is 7.96. The molecule has 0 amide bonds. The first-order valence-electron chi connectivity index (χ1n) is 6.45. The summed E-state index contributed by atoms with van der Waals surface area (Å²) in [5.74, 6) is -0.124. The van der Waals surface area contributed by atoms with Crippen LogP contribution in [0.25, 0.3) is 10.3 Å². The fourth-order valence-corrected chi connectivity index (χ4v) is 3.87. The van der Waals surface area contributed by atoms with Crippen molar-refractivity contribution >= 4 is 37.2 Å². The Morgan fingerprint density at radius 3 is 2.86 bits per heavy atom. The Kier molecular flexibility index (Phi) is 4.43. The van der Waals surface area contributed by atoms with Crippen LogP contribution >= 0.6 is 11.3 Å². The second-order valence-corrected chi connectivity index (χ2v) is 7.82. The van der Waals surface area contributed by atoms with Crippen LogP contribution in [0.15, 0.2) is 35.9 Å². The maximum Gasteiger partial charge on any atom is 0.300 e. The van der Waals surface area contributed by atoms with E-state index in [0.717, 1.165) is 16.9 Å². The Morgan fingerprint density at radius 1 is 1.59 bits per heavy atom. The first-order chi connectivity index (χ1) is 10.3. The molecule has 0 atom stereocenters. The Bertz CT molecular complexity index is 895. The van der Waals surface area contributed by atoms with E-state index in [1.807, 2.05) is 0 Å². The van der Waals surface area contributed by atoms with E-state index in [1.165, 1.54) is 25.3 Å². The minimum absolute atomic E-state index is 0.124. The molecule has 0 aliphatic heterocycles. The molecular weight excluding hydrogens is 322 g/mol. The van der Waals surface area contributed by atoms with E-state index in [9.17, 15) is 13.6 Å². The average Bonchev–Trinajstić information content (AvgIpc) is 2.88. The summed E-state index contributed by atoms with van der Waals surface area (Å²) >= 11 is 0.997. The minimum Gasteiger partial charge on any atom is -0.618 e. The van der Waals surface area contributed by atoms with Gasteiger partial charge in [0.15, 0.2) is 16.0 Å². The number of rotatable bonds is 5. The Labute approximate surface area is 132 Å². The number of pyridine rings is 1. The molecule has 0 aromatic carbocycles. The van der Waals surface area contributed by atoms with E-state index in [4.69, 9.17) is 5.41 Å². The molecule has 2 aromatic heterocycles. The van der Waals surface area contributed by atoms with Crippen molar-refractivity contribution in [2.75, 3.05) is 5.75 Å². The zero-order valence-electron chi connectivity index (χ0n) is 12.2. The summed E-state index contributed by atoms with van der Waals surface area (Å²) in [6, 6.07) is 1.72. The highest BCUT2D eigenvalue weighted by Gasteiger charge is 2.24. The molecular formula is C14H15N3O3S2. The third kappa shape index (κ3) is 2.93. The summed E-state index contributed by atoms with van der Waals surface area (Å²) in [6.07, 6.45) is 4.02. The van der Waals surface area contributed by atoms with Gasteiger partial charge in [0.2, 0.25) is 0 Å². The predicted octanol–water partition coefficient (Wildman–Crippen LogP) is 2.11. The monoisotopic (exact) mass is 337 g/mol. The zero-order valence-corrected chi connectivity index (χ0v) is 13.8. The summed E-state index contributed by atoms with van der Waals surface area (Å²) in [5.41, 5.74) is 0.973. The molecule has 116 valence electrons. The van der Waals surface area contributed by atoms with Gasteiger partial charge in [0.1, 0.15) is 16.2 Å². The van der Waals surface area contributed by atoms with Gasteiger partial charge in [0.05, 0.1) is 10.7 Å². The van der Waals surface area contributed by atoms with Crippen LogP contribution in [0.5, 0.6) is 0 Å². The molecule has 0 bridgehead atoms. The van der Waals surface area contributed by atoms with E-state index in [0.29, 0.717) is 15.1 Å². The van der Waals surface area contributed by atoms with Crippen molar-refractivity contribution in [1.29, 1.82) is 5.41 Å². The van der Waals surface area contributed by atoms with Gasteiger partial charge in [-0.1, -0.05) is 19.6 Å². The van der Waals surface area contributed by atoms with E-state index in [2.05, 4.69) is 11.6 Å². The first-order valence-corrected chi connectivity index (χ1v) is 8.92. The van der Waals surface area contributed by atoms with Gasteiger partial charge in [-0.05, 0) is 30.4 Å². The zero-order chi connectivity index (χ0) is 16.5. The molecule has 2 rings (SSSR count). The standard InChI is InChI=1S/C14H15N3O3S2/c1-4-6-11(22(19,20)5-2)12(15)13-16-10-7-9(3)8-17(18)14(10)21-13/h4,6-8,15H,1,5H2,2-3H3/b11-6+,15-12?. The van der Waals surface area contributed by atoms with Crippen molar-refractivity contribution in [2.45, 2.75) is 13.8 Å². The highest BCUT2D eigenvalue weighted by Crippen LogP contribution is 2.24. The normalized spacial score (nSPS) is 12.5. The number of aromatic nitrogens is 2. The molecule has 0 radical (unpaired) electrons. The number of hydrogen-bond donors (Lipinski definition) is 1. The van der Waals surface area contributed by atoms with Gasteiger partial charge in [-0.3, -0.25) is 5.41 Å². The average molecular weight is 337 g/mol. The van der Waals surface area contributed by atoms with Crippen LogP contribution in [0.4, 0.5) is 0 Å². The van der Waals surface area contributed by atoms with E-state index < -0.39 is 9.84 Å². The fourth-order valence-electron chi connectivity index (χ4n) is 1.89. The van der Waals surface area contributed by atoms with Crippen molar-refractivity contribution in [3.63, 3.8) is 0 Å². The molecule has 0 saturated carbocycles. The number of nitrogens with zero attached hydrogens (tertiary/aromatic N) is 2. The molecule has 8 heteroatoms. The number of aryl methyl sites for hydroxylation is 1. The van der Waals surface area contributed by atoms with Crippen molar-refractivity contribution in [1.82, 2.24) is 4.98 Å². The second kappa shape index (κ2) is 5.98. The molecule has 6 nitrogen and oxygen atoms in total. The van der Waals surface area contributed by atoms with Crippen LogP contribution in [-0.2, 0) is 9.84 Å². The van der Waals surface area contributed by atoms with Crippen LogP contribution in [0.1, 0.15) is 17.5 Å². The van der Waals surface area contributed by atoms with Gasteiger partial charge in [-0.25, -0.2) is 13.4 Å². The second-order valence-electron chi connectivity index (χ2n) is 4.60. The fraction of sp³-hybridized carbons (Fsp3) is 0.214. The number of nitrogens with one attached hydrogen (secondary N) is 1. The van der Waals surface area contributed by atoms with Gasteiger partial charge < -0.3 is 5.21 Å². The number of allylic oxidation sites excluding steroid dienone is 3. The lowest BCUT2D eigenvalue weighted by molar-refractivity contribution is -0.575. The SMILES string of the molecule is C=C/C=C(\C(=N)c1nc2cc(C)c[n+]([O-])c2s1)S(=O)(=O)CC. The summed E-state index contributed by atoms with van der Waals surface area (Å²) in [6.45, 7) is 6.76. The van der Waals surface area contributed by atoms with E-state index in [-0.39, 0.29) is 21.4 Å². The number of hydrogen-bond acceptors (Lipinski definition) is 6. The van der Waals surface area contributed by atoms with Crippen LogP contribution in [0.3, 0.4) is 0 Å². The lowest BCUT2D eigenvalue weighted by Gasteiger charge is -2.05. The molecule has 0 aliphatic rings. The quantitative estimate of drug-likeness (QED) is 0.391. The van der Waals surface area contributed by atoms with E-state index in [1.54, 1.807) is 13.0 Å². The van der Waals surface area contributed by atoms with Gasteiger partial charge in [0, 0.05) is 5.56 Å². The highest BCUT2D eigenvalue weighted by atomic mass is 32.2. The van der Waals surface area contributed by atoms with Crippen molar-refractivity contribution in [2.24, 2.45) is 0 Å². The van der Waals surface area contributed by atoms with Gasteiger partial charge in [0.25, 0.3) is 0 Å². The number of thiazole rings is 1. The number of sulfone groups is 1. The molecule has 0 aliphatic carbocycles. The maximum atomic E-state index is 12.1. The molecule has 2 heterocycles. The molecule has 0 fully saturated rings. The Morgan fingerprint density at radius 2 is 2.27 bits per heavy atom.